The van der Waals surface area contributed by atoms with Gasteiger partial charge in [-0.05, 0) is 41.0 Å². The zero-order chi connectivity index (χ0) is 13.0. The van der Waals surface area contributed by atoms with Crippen molar-refractivity contribution in [1.29, 1.82) is 0 Å². The third-order valence-electron chi connectivity index (χ3n) is 2.67. The molecule has 0 aliphatic rings. The van der Waals surface area contributed by atoms with Crippen LogP contribution in [-0.2, 0) is 13.0 Å². The van der Waals surface area contributed by atoms with Crippen molar-refractivity contribution in [3.05, 3.63) is 66.5 Å². The lowest BCUT2D eigenvalue weighted by molar-refractivity contribution is 0.602. The van der Waals surface area contributed by atoms with Crippen LogP contribution in [0.2, 0.25) is 0 Å². The molecule has 0 saturated carbocycles. The SMILES string of the molecule is O=c1[nH]c(=O)n(CCCc2ccccc2)cc1I. The fraction of sp³-hybridized carbons (Fsp3) is 0.231. The Kier molecular flexibility index (Phi) is 4.35. The zero-order valence-electron chi connectivity index (χ0n) is 9.73. The lowest BCUT2D eigenvalue weighted by Gasteiger charge is -2.05. The molecule has 0 bridgehead atoms. The number of benzene rings is 1. The minimum absolute atomic E-state index is 0.320. The standard InChI is InChI=1S/C13H13IN2O2/c14-11-9-16(13(18)15-12(11)17)8-4-7-10-5-2-1-3-6-10/h1-3,5-6,9H,4,7-8H2,(H,15,17,18). The predicted octanol–water partition coefficient (Wildman–Crippen LogP) is 1.77. The number of aromatic amines is 1. The number of hydrogen-bond acceptors (Lipinski definition) is 2. The van der Waals surface area contributed by atoms with E-state index in [0.29, 0.717) is 10.1 Å². The topological polar surface area (TPSA) is 54.9 Å². The average Bonchev–Trinajstić information content (AvgIpc) is 2.37. The molecule has 0 amide bonds. The van der Waals surface area contributed by atoms with Crippen LogP contribution in [0, 0.1) is 3.57 Å². The van der Waals surface area contributed by atoms with Crippen LogP contribution in [-0.4, -0.2) is 9.55 Å². The Morgan fingerprint density at radius 1 is 1.17 bits per heavy atom. The van der Waals surface area contributed by atoms with E-state index in [-0.39, 0.29) is 11.2 Å². The highest BCUT2D eigenvalue weighted by atomic mass is 127. The molecule has 0 aliphatic heterocycles. The lowest BCUT2D eigenvalue weighted by Crippen LogP contribution is -2.31. The number of halogens is 1. The van der Waals surface area contributed by atoms with Gasteiger partial charge in [0.2, 0.25) is 0 Å². The first-order chi connectivity index (χ1) is 8.66. The number of H-pyrrole nitrogens is 1. The van der Waals surface area contributed by atoms with Crippen LogP contribution in [0.25, 0.3) is 0 Å². The molecular weight excluding hydrogens is 343 g/mol. The number of aryl methyl sites for hydroxylation is 2. The fourth-order valence-corrected chi connectivity index (χ4v) is 2.22. The smallest absolute Gasteiger partial charge is 0.300 e. The molecular formula is C13H13IN2O2. The van der Waals surface area contributed by atoms with Gasteiger partial charge in [0.1, 0.15) is 0 Å². The van der Waals surface area contributed by atoms with Crippen LogP contribution in [0.4, 0.5) is 0 Å². The molecule has 2 rings (SSSR count). The van der Waals surface area contributed by atoms with E-state index in [0.717, 1.165) is 12.8 Å². The normalized spacial score (nSPS) is 10.5. The third kappa shape index (κ3) is 3.32. The van der Waals surface area contributed by atoms with Gasteiger partial charge < -0.3 is 0 Å². The Labute approximate surface area is 118 Å². The Balaban J connectivity index is 2.01. The van der Waals surface area contributed by atoms with Gasteiger partial charge in [0.25, 0.3) is 5.56 Å². The quantitative estimate of drug-likeness (QED) is 0.850. The van der Waals surface area contributed by atoms with Crippen LogP contribution in [0.1, 0.15) is 12.0 Å². The second-order valence-corrected chi connectivity index (χ2v) is 5.18. The third-order valence-corrected chi connectivity index (χ3v) is 3.44. The van der Waals surface area contributed by atoms with E-state index >= 15 is 0 Å². The molecule has 0 unspecified atom stereocenters. The first-order valence-electron chi connectivity index (χ1n) is 5.70. The number of hydrogen-bond donors (Lipinski definition) is 1. The van der Waals surface area contributed by atoms with E-state index in [1.54, 1.807) is 10.8 Å². The van der Waals surface area contributed by atoms with Gasteiger partial charge in [0.05, 0.1) is 3.57 Å². The lowest BCUT2D eigenvalue weighted by atomic mass is 10.1. The van der Waals surface area contributed by atoms with Gasteiger partial charge in [0, 0.05) is 12.7 Å². The molecule has 94 valence electrons. The average molecular weight is 356 g/mol. The zero-order valence-corrected chi connectivity index (χ0v) is 11.9. The molecule has 0 atom stereocenters. The Hall–Kier alpha value is -1.37. The van der Waals surface area contributed by atoms with Crippen molar-refractivity contribution >= 4 is 22.6 Å². The molecule has 0 radical (unpaired) electrons. The molecule has 1 aromatic carbocycles. The van der Waals surface area contributed by atoms with E-state index in [9.17, 15) is 9.59 Å². The molecule has 1 aromatic heterocycles. The summed E-state index contributed by atoms with van der Waals surface area (Å²) < 4.78 is 2.08. The van der Waals surface area contributed by atoms with Gasteiger partial charge in [0.15, 0.2) is 0 Å². The molecule has 1 heterocycles. The summed E-state index contributed by atoms with van der Waals surface area (Å²) in [5, 5.41) is 0. The summed E-state index contributed by atoms with van der Waals surface area (Å²) in [4.78, 5) is 25.0. The number of nitrogens with zero attached hydrogens (tertiary/aromatic N) is 1. The van der Waals surface area contributed by atoms with Crippen molar-refractivity contribution in [2.75, 3.05) is 0 Å². The highest BCUT2D eigenvalue weighted by Crippen LogP contribution is 2.03. The van der Waals surface area contributed by atoms with Crippen molar-refractivity contribution in [3.8, 4) is 0 Å². The van der Waals surface area contributed by atoms with Crippen LogP contribution in [0.15, 0.2) is 46.1 Å². The van der Waals surface area contributed by atoms with E-state index in [2.05, 4.69) is 17.1 Å². The fourth-order valence-electron chi connectivity index (χ4n) is 1.75. The van der Waals surface area contributed by atoms with Gasteiger partial charge in [-0.3, -0.25) is 14.3 Å². The van der Waals surface area contributed by atoms with Crippen LogP contribution < -0.4 is 11.2 Å². The highest BCUT2D eigenvalue weighted by molar-refractivity contribution is 14.1. The van der Waals surface area contributed by atoms with Crippen LogP contribution >= 0.6 is 22.6 Å². The monoisotopic (exact) mass is 356 g/mol. The maximum Gasteiger partial charge on any atom is 0.328 e. The van der Waals surface area contributed by atoms with Gasteiger partial charge >= 0.3 is 5.69 Å². The largest absolute Gasteiger partial charge is 0.328 e. The summed E-state index contributed by atoms with van der Waals surface area (Å²) in [6.45, 7) is 0.612. The Morgan fingerprint density at radius 2 is 1.89 bits per heavy atom. The van der Waals surface area contributed by atoms with E-state index in [4.69, 9.17) is 0 Å². The number of aromatic nitrogens is 2. The van der Waals surface area contributed by atoms with E-state index < -0.39 is 0 Å². The first-order valence-corrected chi connectivity index (χ1v) is 6.78. The maximum atomic E-state index is 11.5. The number of rotatable bonds is 4. The van der Waals surface area contributed by atoms with Gasteiger partial charge in [-0.1, -0.05) is 30.3 Å². The molecule has 0 fully saturated rings. The van der Waals surface area contributed by atoms with Crippen LogP contribution in [0.3, 0.4) is 0 Å². The summed E-state index contributed by atoms with van der Waals surface area (Å²) in [5.41, 5.74) is 0.595. The van der Waals surface area contributed by atoms with Crippen molar-refractivity contribution < 1.29 is 0 Å². The van der Waals surface area contributed by atoms with Gasteiger partial charge in [-0.25, -0.2) is 4.79 Å². The van der Waals surface area contributed by atoms with Gasteiger partial charge in [-0.2, -0.15) is 0 Å². The molecule has 2 aromatic rings. The minimum Gasteiger partial charge on any atom is -0.300 e. The minimum atomic E-state index is -0.339. The first kappa shape index (κ1) is 13.1. The molecule has 0 aliphatic carbocycles. The molecule has 1 N–H and O–H groups in total. The molecule has 4 nitrogen and oxygen atoms in total. The predicted molar refractivity (Wildman–Crippen MR) is 78.8 cm³/mol. The number of nitrogens with one attached hydrogen (secondary N) is 1. The highest BCUT2D eigenvalue weighted by Gasteiger charge is 2.01. The summed E-state index contributed by atoms with van der Waals surface area (Å²) >= 11 is 1.93. The Bertz CT molecular complexity index is 631. The van der Waals surface area contributed by atoms with Crippen molar-refractivity contribution in [2.24, 2.45) is 0 Å². The van der Waals surface area contributed by atoms with E-state index in [1.165, 1.54) is 5.56 Å². The summed E-state index contributed by atoms with van der Waals surface area (Å²) in [5.74, 6) is 0. The van der Waals surface area contributed by atoms with Crippen molar-refractivity contribution in [2.45, 2.75) is 19.4 Å². The molecule has 5 heteroatoms. The summed E-state index contributed by atoms with van der Waals surface area (Å²) in [7, 11) is 0. The van der Waals surface area contributed by atoms with Crippen LogP contribution in [0.5, 0.6) is 0 Å². The molecule has 0 spiro atoms. The van der Waals surface area contributed by atoms with Crippen molar-refractivity contribution in [3.63, 3.8) is 0 Å². The van der Waals surface area contributed by atoms with Gasteiger partial charge in [-0.15, -0.1) is 0 Å². The van der Waals surface area contributed by atoms with Crippen molar-refractivity contribution in [1.82, 2.24) is 9.55 Å². The second-order valence-electron chi connectivity index (χ2n) is 4.02. The molecule has 18 heavy (non-hydrogen) atoms. The second kappa shape index (κ2) is 5.99. The van der Waals surface area contributed by atoms with E-state index in [1.807, 2.05) is 40.8 Å². The summed E-state index contributed by atoms with van der Waals surface area (Å²) in [6, 6.07) is 10.1. The molecule has 0 saturated heterocycles. The summed E-state index contributed by atoms with van der Waals surface area (Å²) in [6.07, 6.45) is 3.39. The Morgan fingerprint density at radius 3 is 2.61 bits per heavy atom. The maximum absolute atomic E-state index is 11.5.